The van der Waals surface area contributed by atoms with Gasteiger partial charge in [-0.2, -0.15) is 11.8 Å². The SMILES string of the molecule is CC(O)Cc1coc(C2CCCSC2)n1. The Kier molecular flexibility index (Phi) is 3.70. The smallest absolute Gasteiger partial charge is 0.198 e. The molecule has 0 saturated carbocycles. The Morgan fingerprint density at radius 1 is 1.73 bits per heavy atom. The molecule has 2 heterocycles. The number of nitrogens with zero attached hydrogens (tertiary/aromatic N) is 1. The third-order valence-electron chi connectivity index (χ3n) is 2.58. The van der Waals surface area contributed by atoms with Crippen LogP contribution in [-0.2, 0) is 6.42 Å². The number of aliphatic hydroxyl groups is 1. The number of thioether (sulfide) groups is 1. The van der Waals surface area contributed by atoms with Crippen LogP contribution in [0.3, 0.4) is 0 Å². The largest absolute Gasteiger partial charge is 0.448 e. The lowest BCUT2D eigenvalue weighted by atomic mass is 10.1. The van der Waals surface area contributed by atoms with Crippen molar-refractivity contribution in [1.29, 1.82) is 0 Å². The molecule has 2 unspecified atom stereocenters. The lowest BCUT2D eigenvalue weighted by Gasteiger charge is -2.17. The maximum absolute atomic E-state index is 9.24. The van der Waals surface area contributed by atoms with E-state index in [4.69, 9.17) is 4.42 Å². The van der Waals surface area contributed by atoms with Gasteiger partial charge in [0.25, 0.3) is 0 Å². The predicted molar refractivity (Wildman–Crippen MR) is 61.2 cm³/mol. The van der Waals surface area contributed by atoms with Crippen LogP contribution in [0.5, 0.6) is 0 Å². The number of hydrogen-bond acceptors (Lipinski definition) is 4. The van der Waals surface area contributed by atoms with E-state index < -0.39 is 0 Å². The van der Waals surface area contributed by atoms with Gasteiger partial charge in [-0.3, -0.25) is 0 Å². The van der Waals surface area contributed by atoms with E-state index in [0.29, 0.717) is 12.3 Å². The molecule has 0 aliphatic carbocycles. The lowest BCUT2D eigenvalue weighted by molar-refractivity contribution is 0.194. The topological polar surface area (TPSA) is 46.3 Å². The van der Waals surface area contributed by atoms with Gasteiger partial charge in [0.05, 0.1) is 11.8 Å². The Labute approximate surface area is 94.3 Å². The van der Waals surface area contributed by atoms with E-state index >= 15 is 0 Å². The van der Waals surface area contributed by atoms with Crippen molar-refractivity contribution in [2.24, 2.45) is 0 Å². The summed E-state index contributed by atoms with van der Waals surface area (Å²) in [6.07, 6.45) is 4.36. The summed E-state index contributed by atoms with van der Waals surface area (Å²) in [5.41, 5.74) is 0.871. The third kappa shape index (κ3) is 2.98. The van der Waals surface area contributed by atoms with Crippen LogP contribution in [0.1, 0.15) is 37.3 Å². The summed E-state index contributed by atoms with van der Waals surface area (Å²) < 4.78 is 5.47. The van der Waals surface area contributed by atoms with Gasteiger partial charge in [-0.05, 0) is 25.5 Å². The summed E-state index contributed by atoms with van der Waals surface area (Å²) in [4.78, 5) is 4.43. The van der Waals surface area contributed by atoms with Crippen LogP contribution in [0, 0.1) is 0 Å². The van der Waals surface area contributed by atoms with Gasteiger partial charge >= 0.3 is 0 Å². The van der Waals surface area contributed by atoms with Gasteiger partial charge in [0.1, 0.15) is 6.26 Å². The van der Waals surface area contributed by atoms with E-state index in [9.17, 15) is 5.11 Å². The van der Waals surface area contributed by atoms with Crippen molar-refractivity contribution in [3.05, 3.63) is 17.8 Å². The zero-order valence-electron chi connectivity index (χ0n) is 8.98. The van der Waals surface area contributed by atoms with Crippen molar-refractivity contribution < 1.29 is 9.52 Å². The molecule has 1 aromatic heterocycles. The van der Waals surface area contributed by atoms with Crippen LogP contribution in [0.25, 0.3) is 0 Å². The summed E-state index contributed by atoms with van der Waals surface area (Å²) in [6, 6.07) is 0. The minimum Gasteiger partial charge on any atom is -0.448 e. The molecular formula is C11H17NO2S. The van der Waals surface area contributed by atoms with Crippen molar-refractivity contribution in [3.63, 3.8) is 0 Å². The van der Waals surface area contributed by atoms with Gasteiger partial charge in [-0.15, -0.1) is 0 Å². The van der Waals surface area contributed by atoms with Crippen molar-refractivity contribution in [1.82, 2.24) is 4.98 Å². The maximum atomic E-state index is 9.24. The molecule has 0 radical (unpaired) electrons. The van der Waals surface area contributed by atoms with Crippen molar-refractivity contribution in [2.45, 2.75) is 38.2 Å². The second-order valence-electron chi connectivity index (χ2n) is 4.14. The normalized spacial score (nSPS) is 24.0. The third-order valence-corrected chi connectivity index (χ3v) is 3.80. The van der Waals surface area contributed by atoms with Crippen molar-refractivity contribution in [2.75, 3.05) is 11.5 Å². The summed E-state index contributed by atoms with van der Waals surface area (Å²) in [5.74, 6) is 3.72. The fourth-order valence-corrected chi connectivity index (χ4v) is 2.97. The highest BCUT2D eigenvalue weighted by Gasteiger charge is 2.20. The van der Waals surface area contributed by atoms with Gasteiger partial charge < -0.3 is 9.52 Å². The number of aromatic nitrogens is 1. The minimum atomic E-state index is -0.344. The highest BCUT2D eigenvalue weighted by Crippen LogP contribution is 2.30. The highest BCUT2D eigenvalue weighted by atomic mass is 32.2. The van der Waals surface area contributed by atoms with E-state index in [1.54, 1.807) is 13.2 Å². The quantitative estimate of drug-likeness (QED) is 0.860. The van der Waals surface area contributed by atoms with Crippen molar-refractivity contribution >= 4 is 11.8 Å². The van der Waals surface area contributed by atoms with Gasteiger partial charge in [0.2, 0.25) is 0 Å². The molecule has 3 nitrogen and oxygen atoms in total. The molecule has 1 saturated heterocycles. The fourth-order valence-electron chi connectivity index (χ4n) is 1.84. The number of aliphatic hydroxyl groups excluding tert-OH is 1. The van der Waals surface area contributed by atoms with Crippen LogP contribution < -0.4 is 0 Å². The Balaban J connectivity index is 1.99. The molecule has 15 heavy (non-hydrogen) atoms. The first-order valence-corrected chi connectivity index (χ1v) is 6.61. The molecule has 1 aliphatic heterocycles. The van der Waals surface area contributed by atoms with Gasteiger partial charge in [0.15, 0.2) is 5.89 Å². The average molecular weight is 227 g/mol. The van der Waals surface area contributed by atoms with Crippen LogP contribution in [0.2, 0.25) is 0 Å². The molecule has 0 amide bonds. The first kappa shape index (κ1) is 11.0. The molecule has 84 valence electrons. The van der Waals surface area contributed by atoms with E-state index in [-0.39, 0.29) is 6.10 Å². The Hall–Kier alpha value is -0.480. The van der Waals surface area contributed by atoms with E-state index in [1.807, 2.05) is 11.8 Å². The standard InChI is InChI=1S/C11H17NO2S/c1-8(13)5-10-6-14-11(12-10)9-3-2-4-15-7-9/h6,8-9,13H,2-5,7H2,1H3. The molecular weight excluding hydrogens is 210 g/mol. The monoisotopic (exact) mass is 227 g/mol. The van der Waals surface area contributed by atoms with Crippen molar-refractivity contribution in [3.8, 4) is 0 Å². The van der Waals surface area contributed by atoms with Gasteiger partial charge in [-0.1, -0.05) is 0 Å². The molecule has 1 fully saturated rings. The van der Waals surface area contributed by atoms with Crippen LogP contribution in [0.15, 0.2) is 10.7 Å². The molecule has 0 bridgehead atoms. The Morgan fingerprint density at radius 3 is 3.27 bits per heavy atom. The van der Waals surface area contributed by atoms with Gasteiger partial charge in [0, 0.05) is 18.1 Å². The highest BCUT2D eigenvalue weighted by molar-refractivity contribution is 7.99. The second kappa shape index (κ2) is 5.03. The van der Waals surface area contributed by atoms with Gasteiger partial charge in [-0.25, -0.2) is 4.98 Å². The molecule has 4 heteroatoms. The number of oxazole rings is 1. The molecule has 0 aromatic carbocycles. The molecule has 2 atom stereocenters. The minimum absolute atomic E-state index is 0.344. The molecule has 2 rings (SSSR count). The first-order valence-electron chi connectivity index (χ1n) is 5.46. The summed E-state index contributed by atoms with van der Waals surface area (Å²) >= 11 is 1.97. The zero-order chi connectivity index (χ0) is 10.7. The van der Waals surface area contributed by atoms with E-state index in [2.05, 4.69) is 4.98 Å². The summed E-state index contributed by atoms with van der Waals surface area (Å²) in [7, 11) is 0. The molecule has 1 N–H and O–H groups in total. The first-order chi connectivity index (χ1) is 7.25. The maximum Gasteiger partial charge on any atom is 0.198 e. The number of rotatable bonds is 3. The second-order valence-corrected chi connectivity index (χ2v) is 5.29. The fraction of sp³-hybridized carbons (Fsp3) is 0.727. The van der Waals surface area contributed by atoms with Crippen LogP contribution in [0.4, 0.5) is 0 Å². The lowest BCUT2D eigenvalue weighted by Crippen LogP contribution is -2.09. The summed E-state index contributed by atoms with van der Waals surface area (Å²) in [5, 5.41) is 9.24. The predicted octanol–water partition coefficient (Wildman–Crippen LogP) is 2.21. The van der Waals surface area contributed by atoms with E-state index in [1.165, 1.54) is 18.6 Å². The molecule has 1 aliphatic rings. The van der Waals surface area contributed by atoms with Crippen LogP contribution >= 0.6 is 11.8 Å². The molecule has 1 aromatic rings. The average Bonchev–Trinajstić information content (AvgIpc) is 2.67. The zero-order valence-corrected chi connectivity index (χ0v) is 9.80. The van der Waals surface area contributed by atoms with Crippen LogP contribution in [-0.4, -0.2) is 27.7 Å². The Bertz CT molecular complexity index is 305. The summed E-state index contributed by atoms with van der Waals surface area (Å²) in [6.45, 7) is 1.77. The van der Waals surface area contributed by atoms with E-state index in [0.717, 1.165) is 17.3 Å². The molecule has 0 spiro atoms. The number of hydrogen-bond donors (Lipinski definition) is 1. The Morgan fingerprint density at radius 2 is 2.60 bits per heavy atom.